The van der Waals surface area contributed by atoms with Crippen molar-refractivity contribution < 1.29 is 27.6 Å². The molecule has 138 valence electrons. The van der Waals surface area contributed by atoms with E-state index in [1.54, 1.807) is 0 Å². The number of carbonyl (C=O) groups excluding carboxylic acids is 3. The Morgan fingerprint density at radius 1 is 1.21 bits per heavy atom. The van der Waals surface area contributed by atoms with E-state index in [1.807, 2.05) is 0 Å². The van der Waals surface area contributed by atoms with E-state index in [1.165, 1.54) is 6.92 Å². The van der Waals surface area contributed by atoms with E-state index in [2.05, 4.69) is 10.6 Å². The largest absolute Gasteiger partial charge is 0.450 e. The zero-order valence-corrected chi connectivity index (χ0v) is 14.4. The smallest absolute Gasteiger partial charge is 0.352 e. The Balaban J connectivity index is 2.33. The summed E-state index contributed by atoms with van der Waals surface area (Å²) >= 11 is 0.880. The highest BCUT2D eigenvalue weighted by Crippen LogP contribution is 2.20. The Hall–Kier alpha value is -1.25. The molecular formula is C15H23F3N2O3S. The zero-order valence-electron chi connectivity index (χ0n) is 13.6. The minimum atomic E-state index is -4.80. The molecule has 0 aromatic carbocycles. The molecule has 5 nitrogen and oxygen atoms in total. The average molecular weight is 368 g/mol. The fourth-order valence-electron chi connectivity index (χ4n) is 2.52. The predicted molar refractivity (Wildman–Crippen MR) is 85.6 cm³/mol. The first-order chi connectivity index (χ1) is 11.2. The third kappa shape index (κ3) is 8.03. The molecule has 0 aromatic rings. The Labute approximate surface area is 143 Å². The number of amides is 2. The molecule has 1 rings (SSSR count). The number of hydrogen-bond donors (Lipinski definition) is 2. The molecule has 2 N–H and O–H groups in total. The number of alkyl halides is 3. The Kier molecular flexibility index (Phi) is 8.58. The summed E-state index contributed by atoms with van der Waals surface area (Å²) in [6.07, 6.45) is -0.0574. The van der Waals surface area contributed by atoms with Crippen LogP contribution in [0.5, 0.6) is 0 Å². The van der Waals surface area contributed by atoms with E-state index in [0.717, 1.165) is 37.4 Å². The molecule has 2 amide bonds. The highest BCUT2D eigenvalue weighted by molar-refractivity contribution is 7.99. The number of Topliss-reactive ketones (excluding diaryl/α,β-unsaturated/α-hetero) is 1. The molecule has 0 heterocycles. The molecule has 1 saturated carbocycles. The molecule has 1 atom stereocenters. The fraction of sp³-hybridized carbons (Fsp3) is 0.800. The van der Waals surface area contributed by atoms with Gasteiger partial charge in [-0.2, -0.15) is 24.9 Å². The van der Waals surface area contributed by atoms with Crippen molar-refractivity contribution in [1.82, 2.24) is 10.6 Å². The van der Waals surface area contributed by atoms with Gasteiger partial charge in [-0.1, -0.05) is 12.8 Å². The van der Waals surface area contributed by atoms with Crippen LogP contribution in [0.1, 0.15) is 45.4 Å². The van der Waals surface area contributed by atoms with Crippen molar-refractivity contribution in [1.29, 1.82) is 0 Å². The summed E-state index contributed by atoms with van der Waals surface area (Å²) in [6, 6.07) is -0.561. The van der Waals surface area contributed by atoms with Crippen LogP contribution < -0.4 is 10.6 Å². The Morgan fingerprint density at radius 2 is 1.83 bits per heavy atom. The summed E-state index contributed by atoms with van der Waals surface area (Å²) in [5.74, 6) is -2.66. The van der Waals surface area contributed by atoms with Crippen LogP contribution in [-0.2, 0) is 14.4 Å². The molecule has 1 aliphatic rings. The molecule has 1 aliphatic carbocycles. The number of hydrogen-bond acceptors (Lipinski definition) is 4. The average Bonchev–Trinajstić information content (AvgIpc) is 2.96. The van der Waals surface area contributed by atoms with Crippen molar-refractivity contribution in [2.45, 2.75) is 63.7 Å². The van der Waals surface area contributed by atoms with Gasteiger partial charge in [-0.3, -0.25) is 14.4 Å². The third-order valence-electron chi connectivity index (χ3n) is 3.73. The first-order valence-corrected chi connectivity index (χ1v) is 9.11. The summed E-state index contributed by atoms with van der Waals surface area (Å²) in [5, 5.41) is 5.47. The Morgan fingerprint density at radius 3 is 2.38 bits per heavy atom. The number of carbonyl (C=O) groups is 3. The van der Waals surface area contributed by atoms with E-state index in [4.69, 9.17) is 0 Å². The lowest BCUT2D eigenvalue weighted by Crippen LogP contribution is -2.48. The second kappa shape index (κ2) is 9.90. The van der Waals surface area contributed by atoms with Gasteiger partial charge in [0.2, 0.25) is 17.6 Å². The van der Waals surface area contributed by atoms with Crippen molar-refractivity contribution >= 4 is 29.4 Å². The predicted octanol–water partition coefficient (Wildman–Crippen LogP) is 2.19. The fourth-order valence-corrected chi connectivity index (χ4v) is 3.39. The summed E-state index contributed by atoms with van der Waals surface area (Å²) in [4.78, 5) is 34.2. The number of thioether (sulfide) groups is 1. The highest BCUT2D eigenvalue weighted by Gasteiger charge is 2.37. The lowest BCUT2D eigenvalue weighted by Gasteiger charge is -2.20. The van der Waals surface area contributed by atoms with Gasteiger partial charge in [-0.05, 0) is 31.4 Å². The van der Waals surface area contributed by atoms with Crippen LogP contribution in [0.25, 0.3) is 0 Å². The molecule has 0 saturated heterocycles. The summed E-state index contributed by atoms with van der Waals surface area (Å²) in [5.41, 5.74) is 0. The standard InChI is InChI=1S/C15H23F3N2O3S/c1-10(21)19-12(14(23)20-11-5-2-3-6-11)7-4-8-24-9-13(22)15(16,17)18/h11-12H,2-9H2,1H3,(H,19,21)(H,20,23)/t12-/m0/s1. The van der Waals surface area contributed by atoms with Crippen LogP contribution in [0, 0.1) is 0 Å². The van der Waals surface area contributed by atoms with E-state index in [9.17, 15) is 27.6 Å². The maximum Gasteiger partial charge on any atom is 0.450 e. The summed E-state index contributed by atoms with van der Waals surface area (Å²) in [6.45, 7) is 1.31. The number of nitrogens with one attached hydrogen (secondary N) is 2. The maximum atomic E-state index is 12.2. The lowest BCUT2D eigenvalue weighted by atomic mass is 10.1. The number of halogens is 3. The van der Waals surface area contributed by atoms with Crippen LogP contribution in [0.15, 0.2) is 0 Å². The Bertz CT molecular complexity index is 452. The molecule has 0 bridgehead atoms. The minimum absolute atomic E-state index is 0.132. The monoisotopic (exact) mass is 368 g/mol. The molecule has 0 unspecified atom stereocenters. The maximum absolute atomic E-state index is 12.2. The molecule has 0 spiro atoms. The molecule has 9 heteroatoms. The molecule has 0 aromatic heterocycles. The van der Waals surface area contributed by atoms with Crippen LogP contribution in [-0.4, -0.2) is 47.4 Å². The quantitative estimate of drug-likeness (QED) is 0.612. The van der Waals surface area contributed by atoms with Gasteiger partial charge < -0.3 is 10.6 Å². The molecule has 1 fully saturated rings. The van der Waals surface area contributed by atoms with Crippen LogP contribution in [0.4, 0.5) is 13.2 Å². The van der Waals surface area contributed by atoms with Crippen LogP contribution >= 0.6 is 11.8 Å². The van der Waals surface area contributed by atoms with Crippen LogP contribution in [0.2, 0.25) is 0 Å². The van der Waals surface area contributed by atoms with Crippen LogP contribution in [0.3, 0.4) is 0 Å². The molecule has 0 radical (unpaired) electrons. The third-order valence-corrected chi connectivity index (χ3v) is 4.77. The first kappa shape index (κ1) is 20.8. The second-order valence-corrected chi connectivity index (χ2v) is 6.96. The van der Waals surface area contributed by atoms with Gasteiger partial charge in [0, 0.05) is 13.0 Å². The van der Waals surface area contributed by atoms with Gasteiger partial charge in [0.25, 0.3) is 0 Å². The second-order valence-electron chi connectivity index (χ2n) is 5.86. The van der Waals surface area contributed by atoms with Crippen molar-refractivity contribution in [3.05, 3.63) is 0 Å². The van der Waals surface area contributed by atoms with E-state index in [-0.39, 0.29) is 17.9 Å². The minimum Gasteiger partial charge on any atom is -0.352 e. The highest BCUT2D eigenvalue weighted by atomic mass is 32.2. The van der Waals surface area contributed by atoms with Gasteiger partial charge in [0.1, 0.15) is 6.04 Å². The molecule has 24 heavy (non-hydrogen) atoms. The van der Waals surface area contributed by atoms with E-state index >= 15 is 0 Å². The lowest BCUT2D eigenvalue weighted by molar-refractivity contribution is -0.167. The number of ketones is 1. The number of rotatable bonds is 9. The topological polar surface area (TPSA) is 75.3 Å². The van der Waals surface area contributed by atoms with Gasteiger partial charge in [0.15, 0.2) is 0 Å². The summed E-state index contributed by atoms with van der Waals surface area (Å²) < 4.78 is 36.2. The van der Waals surface area contributed by atoms with E-state index < -0.39 is 23.8 Å². The summed E-state index contributed by atoms with van der Waals surface area (Å²) in [7, 11) is 0. The van der Waals surface area contributed by atoms with E-state index in [0.29, 0.717) is 18.6 Å². The van der Waals surface area contributed by atoms with Gasteiger partial charge >= 0.3 is 6.18 Å². The van der Waals surface area contributed by atoms with Crippen molar-refractivity contribution in [3.8, 4) is 0 Å². The van der Waals surface area contributed by atoms with Gasteiger partial charge in [0.05, 0.1) is 5.75 Å². The zero-order chi connectivity index (χ0) is 18.2. The van der Waals surface area contributed by atoms with Gasteiger partial charge in [-0.15, -0.1) is 0 Å². The van der Waals surface area contributed by atoms with Crippen molar-refractivity contribution in [2.24, 2.45) is 0 Å². The van der Waals surface area contributed by atoms with Gasteiger partial charge in [-0.25, -0.2) is 0 Å². The first-order valence-electron chi connectivity index (χ1n) is 7.95. The molecular weight excluding hydrogens is 345 g/mol. The van der Waals surface area contributed by atoms with Crippen molar-refractivity contribution in [2.75, 3.05) is 11.5 Å². The van der Waals surface area contributed by atoms with Crippen molar-refractivity contribution in [3.63, 3.8) is 0 Å². The molecule has 0 aliphatic heterocycles. The normalized spacial score (nSPS) is 16.7. The SMILES string of the molecule is CC(=O)N[C@@H](CCCSCC(=O)C(F)(F)F)C(=O)NC1CCCC1.